The van der Waals surface area contributed by atoms with E-state index < -0.39 is 0 Å². The first-order valence-electron chi connectivity index (χ1n) is 8.96. The number of hydrogen-bond acceptors (Lipinski definition) is 8. The van der Waals surface area contributed by atoms with Crippen molar-refractivity contribution >= 4 is 11.7 Å². The first kappa shape index (κ1) is 20.0. The number of likely N-dealkylation sites (N-methyl/N-ethyl adjacent to an activating group) is 2. The molecule has 29 heavy (non-hydrogen) atoms. The highest BCUT2D eigenvalue weighted by molar-refractivity contribution is 5.72. The molecule has 2 heterocycles. The Balaban J connectivity index is 1.65. The van der Waals surface area contributed by atoms with Crippen LogP contribution >= 0.6 is 0 Å². The number of benzene rings is 1. The third-order valence-corrected chi connectivity index (χ3v) is 4.27. The lowest BCUT2D eigenvalue weighted by Gasteiger charge is -2.22. The van der Waals surface area contributed by atoms with Gasteiger partial charge in [-0.05, 0) is 24.3 Å². The van der Waals surface area contributed by atoms with Gasteiger partial charge in [0, 0.05) is 39.7 Å². The fourth-order valence-electron chi connectivity index (χ4n) is 2.41. The number of aromatic hydroxyl groups is 1. The Hall–Kier alpha value is -3.75. The van der Waals surface area contributed by atoms with Gasteiger partial charge in [0.05, 0.1) is 24.8 Å². The molecule has 0 aliphatic rings. The highest BCUT2D eigenvalue weighted by Crippen LogP contribution is 2.24. The van der Waals surface area contributed by atoms with Gasteiger partial charge in [0.2, 0.25) is 11.8 Å². The zero-order valence-electron chi connectivity index (χ0n) is 16.5. The van der Waals surface area contributed by atoms with Crippen LogP contribution in [0.5, 0.6) is 17.4 Å². The van der Waals surface area contributed by atoms with Crippen LogP contribution in [0, 0.1) is 0 Å². The molecule has 3 rings (SSSR count). The maximum Gasteiger partial charge on any atom is 0.239 e. The van der Waals surface area contributed by atoms with Crippen LogP contribution < -0.4 is 9.64 Å². The number of anilines is 1. The number of hydrogen-bond donors (Lipinski definition) is 1. The summed E-state index contributed by atoms with van der Waals surface area (Å²) in [6, 6.07) is 7.21. The molecule has 0 saturated heterocycles. The molecule has 0 unspecified atom stereocenters. The van der Waals surface area contributed by atoms with E-state index in [4.69, 9.17) is 4.74 Å². The Morgan fingerprint density at radius 3 is 2.38 bits per heavy atom. The van der Waals surface area contributed by atoms with Crippen molar-refractivity contribution in [2.24, 2.45) is 0 Å². The van der Waals surface area contributed by atoms with Gasteiger partial charge in [-0.15, -0.1) is 0 Å². The van der Waals surface area contributed by atoms with Gasteiger partial charge >= 0.3 is 0 Å². The van der Waals surface area contributed by atoms with Crippen molar-refractivity contribution in [3.05, 3.63) is 49.1 Å². The average Bonchev–Trinajstić information content (AvgIpc) is 2.73. The monoisotopic (exact) mass is 394 g/mol. The predicted octanol–water partition coefficient (Wildman–Crippen LogP) is 2.35. The summed E-state index contributed by atoms with van der Waals surface area (Å²) in [5, 5.41) is 9.28. The van der Waals surface area contributed by atoms with Crippen LogP contribution in [0.25, 0.3) is 11.4 Å². The van der Waals surface area contributed by atoms with Crippen molar-refractivity contribution < 1.29 is 14.6 Å². The zero-order valence-corrected chi connectivity index (χ0v) is 16.5. The molecule has 2 aromatic heterocycles. The number of carbonyl (C=O) groups excluding carboxylic acids is 1. The van der Waals surface area contributed by atoms with Gasteiger partial charge in [0.15, 0.2) is 17.4 Å². The topological polar surface area (TPSA) is 105 Å². The second-order valence-electron chi connectivity index (χ2n) is 6.47. The quantitative estimate of drug-likeness (QED) is 0.651. The van der Waals surface area contributed by atoms with Crippen molar-refractivity contribution in [1.29, 1.82) is 0 Å². The summed E-state index contributed by atoms with van der Waals surface area (Å²) in [6.45, 7) is 2.74. The normalized spacial score (nSPS) is 10.4. The van der Waals surface area contributed by atoms with Crippen LogP contribution in [0.1, 0.15) is 6.92 Å². The molecule has 3 aromatic rings. The smallest absolute Gasteiger partial charge is 0.239 e. The Bertz CT molecular complexity index is 963. The number of carbonyl (C=O) groups is 1. The molecule has 0 aliphatic carbocycles. The maximum absolute atomic E-state index is 11.3. The van der Waals surface area contributed by atoms with Crippen molar-refractivity contribution in [3.8, 4) is 28.8 Å². The van der Waals surface area contributed by atoms with Crippen LogP contribution in [0.2, 0.25) is 0 Å². The molecule has 150 valence electrons. The van der Waals surface area contributed by atoms with Crippen molar-refractivity contribution in [1.82, 2.24) is 24.8 Å². The molecule has 1 N–H and O–H groups in total. The molecule has 0 bridgehead atoms. The molecule has 9 nitrogen and oxygen atoms in total. The first-order chi connectivity index (χ1) is 13.9. The molecular formula is C20H22N6O3. The van der Waals surface area contributed by atoms with Crippen LogP contribution in [0.4, 0.5) is 5.82 Å². The zero-order chi connectivity index (χ0) is 20.8. The Morgan fingerprint density at radius 1 is 1.03 bits per heavy atom. The van der Waals surface area contributed by atoms with E-state index in [2.05, 4.69) is 19.9 Å². The van der Waals surface area contributed by atoms with Crippen LogP contribution in [0.3, 0.4) is 0 Å². The minimum atomic E-state index is 0.0164. The third kappa shape index (κ3) is 5.38. The van der Waals surface area contributed by atoms with Crippen molar-refractivity contribution in [3.63, 3.8) is 0 Å². The number of aromatic nitrogens is 4. The van der Waals surface area contributed by atoms with Gasteiger partial charge in [0.25, 0.3) is 0 Å². The number of ether oxygens (including phenoxy) is 1. The van der Waals surface area contributed by atoms with E-state index in [1.165, 1.54) is 25.5 Å². The second-order valence-corrected chi connectivity index (χ2v) is 6.47. The lowest BCUT2D eigenvalue weighted by molar-refractivity contribution is -0.127. The average molecular weight is 394 g/mol. The van der Waals surface area contributed by atoms with Crippen molar-refractivity contribution in [2.75, 3.05) is 32.1 Å². The molecular weight excluding hydrogens is 372 g/mol. The van der Waals surface area contributed by atoms with Crippen molar-refractivity contribution in [2.45, 2.75) is 6.92 Å². The lowest BCUT2D eigenvalue weighted by atomic mass is 10.2. The molecule has 1 aromatic carbocycles. The van der Waals surface area contributed by atoms with Crippen LogP contribution in [0.15, 0.2) is 49.1 Å². The van der Waals surface area contributed by atoms with Crippen LogP contribution in [-0.2, 0) is 4.79 Å². The summed E-state index contributed by atoms with van der Waals surface area (Å²) in [5.74, 6) is 2.15. The molecule has 0 aliphatic heterocycles. The van der Waals surface area contributed by atoms with Gasteiger partial charge < -0.3 is 19.6 Å². The van der Waals surface area contributed by atoms with E-state index >= 15 is 0 Å². The van der Waals surface area contributed by atoms with Gasteiger partial charge in [0.1, 0.15) is 5.75 Å². The van der Waals surface area contributed by atoms with E-state index in [1.54, 1.807) is 30.3 Å². The summed E-state index contributed by atoms with van der Waals surface area (Å²) in [5.41, 5.74) is 0.798. The minimum Gasteiger partial charge on any atom is -0.505 e. The summed E-state index contributed by atoms with van der Waals surface area (Å²) in [7, 11) is 3.64. The fourth-order valence-corrected chi connectivity index (χ4v) is 2.41. The van der Waals surface area contributed by atoms with Gasteiger partial charge in [-0.25, -0.2) is 9.97 Å². The van der Waals surface area contributed by atoms with E-state index in [0.717, 1.165) is 5.56 Å². The fraction of sp³-hybridized carbons (Fsp3) is 0.250. The molecule has 0 saturated carbocycles. The Morgan fingerprint density at radius 2 is 1.72 bits per heavy atom. The number of amides is 1. The first-order valence-corrected chi connectivity index (χ1v) is 8.96. The van der Waals surface area contributed by atoms with Gasteiger partial charge in [-0.3, -0.25) is 9.78 Å². The van der Waals surface area contributed by atoms with E-state index in [9.17, 15) is 9.90 Å². The van der Waals surface area contributed by atoms with Gasteiger partial charge in [-0.1, -0.05) is 0 Å². The SMILES string of the molecule is CC(=O)N(C)CCN(C)c1cncc(Oc2ccc(-c3ncc(O)cn3)cc2)n1. The van der Waals surface area contributed by atoms with Gasteiger partial charge in [-0.2, -0.15) is 4.98 Å². The molecule has 0 atom stereocenters. The molecule has 0 spiro atoms. The summed E-state index contributed by atoms with van der Waals surface area (Å²) in [6.07, 6.45) is 5.87. The molecule has 0 radical (unpaired) electrons. The predicted molar refractivity (Wildman–Crippen MR) is 108 cm³/mol. The largest absolute Gasteiger partial charge is 0.505 e. The van der Waals surface area contributed by atoms with E-state index in [0.29, 0.717) is 36.4 Å². The molecule has 9 heteroatoms. The van der Waals surface area contributed by atoms with Crippen LogP contribution in [-0.4, -0.2) is 63.0 Å². The highest BCUT2D eigenvalue weighted by atomic mass is 16.5. The van der Waals surface area contributed by atoms with E-state index in [-0.39, 0.29) is 11.7 Å². The number of rotatable bonds is 7. The second kappa shape index (κ2) is 8.96. The lowest BCUT2D eigenvalue weighted by Crippen LogP contribution is -2.33. The maximum atomic E-state index is 11.3. The third-order valence-electron chi connectivity index (χ3n) is 4.27. The summed E-state index contributed by atoms with van der Waals surface area (Å²) >= 11 is 0. The minimum absolute atomic E-state index is 0.0164. The summed E-state index contributed by atoms with van der Waals surface area (Å²) in [4.78, 5) is 31.7. The summed E-state index contributed by atoms with van der Waals surface area (Å²) < 4.78 is 5.80. The molecule has 0 fully saturated rings. The standard InChI is InChI=1S/C20H22N6O3/c1-14(27)25(2)8-9-26(3)18-12-21-13-19(24-18)29-17-6-4-15(5-7-17)20-22-10-16(28)11-23-20/h4-7,10-13,28H,8-9H2,1-3H3. The Kier molecular flexibility index (Phi) is 6.18. The highest BCUT2D eigenvalue weighted by Gasteiger charge is 2.09. The molecule has 1 amide bonds. The number of nitrogens with zero attached hydrogens (tertiary/aromatic N) is 6. The Labute approximate surface area is 168 Å². The van der Waals surface area contributed by atoms with E-state index in [1.807, 2.05) is 24.1 Å².